The molecule has 0 spiro atoms. The van der Waals surface area contributed by atoms with Gasteiger partial charge in [0.2, 0.25) is 15.9 Å². The van der Waals surface area contributed by atoms with Gasteiger partial charge in [-0.2, -0.15) is 0 Å². The third-order valence-electron chi connectivity index (χ3n) is 2.43. The van der Waals surface area contributed by atoms with Gasteiger partial charge in [0.1, 0.15) is 5.82 Å². The molecule has 16 heavy (non-hydrogen) atoms. The number of amides is 1. The number of carbonyl (C=O) groups excluding carboxylic acids is 1. The van der Waals surface area contributed by atoms with Gasteiger partial charge >= 0.3 is 0 Å². The number of rotatable bonds is 2. The highest BCUT2D eigenvalue weighted by atomic mass is 32.2. The zero-order valence-electron chi connectivity index (χ0n) is 8.39. The highest BCUT2D eigenvalue weighted by molar-refractivity contribution is 7.90. The summed E-state index contributed by atoms with van der Waals surface area (Å²) in [4.78, 5) is 11.3. The average molecular weight is 243 g/mol. The van der Waals surface area contributed by atoms with E-state index in [1.807, 2.05) is 0 Å². The lowest BCUT2D eigenvalue weighted by Crippen LogP contribution is -2.28. The lowest BCUT2D eigenvalue weighted by molar-refractivity contribution is -0.125. The van der Waals surface area contributed by atoms with E-state index in [2.05, 4.69) is 0 Å². The number of benzene rings is 1. The predicted octanol–water partition coefficient (Wildman–Crippen LogP) is 0.888. The van der Waals surface area contributed by atoms with Crippen LogP contribution in [0, 0.1) is 5.82 Å². The van der Waals surface area contributed by atoms with E-state index in [-0.39, 0.29) is 24.5 Å². The van der Waals surface area contributed by atoms with Crippen molar-refractivity contribution >= 4 is 15.9 Å². The number of halogens is 1. The quantitative estimate of drug-likeness (QED) is 0.775. The summed E-state index contributed by atoms with van der Waals surface area (Å²) in [5.41, 5.74) is 0.597. The number of sulfonamides is 1. The molecule has 0 aromatic heterocycles. The normalized spacial score (nSPS) is 19.1. The van der Waals surface area contributed by atoms with Gasteiger partial charge in [0.25, 0.3) is 0 Å². The van der Waals surface area contributed by atoms with E-state index in [1.54, 1.807) is 0 Å². The largest absolute Gasteiger partial charge is 0.274 e. The molecule has 1 aromatic rings. The van der Waals surface area contributed by atoms with Gasteiger partial charge in [0, 0.05) is 6.42 Å². The molecule has 1 saturated heterocycles. The summed E-state index contributed by atoms with van der Waals surface area (Å²) < 4.78 is 36.4. The molecule has 6 heteroatoms. The Morgan fingerprint density at radius 2 is 1.88 bits per heavy atom. The summed E-state index contributed by atoms with van der Waals surface area (Å²) in [5.74, 6) is -0.920. The topological polar surface area (TPSA) is 54.5 Å². The summed E-state index contributed by atoms with van der Waals surface area (Å²) in [5, 5.41) is 0. The molecule has 1 aromatic carbocycles. The Balaban J connectivity index is 2.21. The second-order valence-electron chi connectivity index (χ2n) is 3.59. The second-order valence-corrected chi connectivity index (χ2v) is 5.61. The maximum Gasteiger partial charge on any atom is 0.238 e. The Morgan fingerprint density at radius 1 is 1.25 bits per heavy atom. The van der Waals surface area contributed by atoms with Crippen LogP contribution in [0.2, 0.25) is 0 Å². The summed E-state index contributed by atoms with van der Waals surface area (Å²) in [6.07, 6.45) is 0.0313. The fourth-order valence-corrected chi connectivity index (χ4v) is 2.95. The van der Waals surface area contributed by atoms with Crippen molar-refractivity contribution < 1.29 is 17.6 Å². The molecule has 86 valence electrons. The molecule has 1 fully saturated rings. The zero-order chi connectivity index (χ0) is 11.8. The molecule has 2 rings (SSSR count). The van der Waals surface area contributed by atoms with Crippen LogP contribution in [0.3, 0.4) is 0 Å². The van der Waals surface area contributed by atoms with Crippen LogP contribution in [0.15, 0.2) is 24.3 Å². The lowest BCUT2D eigenvalue weighted by atomic mass is 10.2. The van der Waals surface area contributed by atoms with Crippen molar-refractivity contribution in [3.8, 4) is 0 Å². The maximum atomic E-state index is 12.6. The highest BCUT2D eigenvalue weighted by Crippen LogP contribution is 2.18. The molecule has 0 unspecified atom stereocenters. The van der Waals surface area contributed by atoms with Crippen LogP contribution >= 0.6 is 0 Å². The lowest BCUT2D eigenvalue weighted by Gasteiger charge is -2.14. The average Bonchev–Trinajstić information content (AvgIpc) is 2.48. The molecule has 1 aliphatic rings. The van der Waals surface area contributed by atoms with Gasteiger partial charge < -0.3 is 0 Å². The monoisotopic (exact) mass is 243 g/mol. The van der Waals surface area contributed by atoms with E-state index in [9.17, 15) is 17.6 Å². The standard InChI is InChI=1S/C10H10FNO3S/c11-9-3-1-8(2-4-9)7-12-10(13)5-6-16(12,14)15/h1-4H,5-7H2. The van der Waals surface area contributed by atoms with Crippen molar-refractivity contribution in [2.24, 2.45) is 0 Å². The minimum atomic E-state index is -3.45. The molecular weight excluding hydrogens is 233 g/mol. The van der Waals surface area contributed by atoms with E-state index < -0.39 is 15.9 Å². The van der Waals surface area contributed by atoms with Crippen molar-refractivity contribution in [2.75, 3.05) is 5.75 Å². The smallest absolute Gasteiger partial charge is 0.238 e. The minimum absolute atomic E-state index is 0.0125. The fourth-order valence-electron chi connectivity index (χ4n) is 1.55. The van der Waals surface area contributed by atoms with Crippen LogP contribution in [-0.2, 0) is 21.4 Å². The van der Waals surface area contributed by atoms with Crippen LogP contribution in [0.4, 0.5) is 4.39 Å². The molecule has 0 radical (unpaired) electrons. The molecule has 0 atom stereocenters. The maximum absolute atomic E-state index is 12.6. The highest BCUT2D eigenvalue weighted by Gasteiger charge is 2.34. The summed E-state index contributed by atoms with van der Waals surface area (Å²) in [6.45, 7) is -0.0125. The molecule has 0 aliphatic carbocycles. The first kappa shape index (κ1) is 11.1. The van der Waals surface area contributed by atoms with Crippen LogP contribution in [0.25, 0.3) is 0 Å². The SMILES string of the molecule is O=C1CCS(=O)(=O)N1Cc1ccc(F)cc1. The third kappa shape index (κ3) is 2.06. The fraction of sp³-hybridized carbons (Fsp3) is 0.300. The van der Waals surface area contributed by atoms with Crippen molar-refractivity contribution in [3.63, 3.8) is 0 Å². The molecule has 0 bridgehead atoms. The van der Waals surface area contributed by atoms with Gasteiger partial charge in [-0.15, -0.1) is 0 Å². The minimum Gasteiger partial charge on any atom is -0.274 e. The first-order valence-electron chi connectivity index (χ1n) is 4.77. The Labute approximate surface area is 92.7 Å². The van der Waals surface area contributed by atoms with E-state index in [0.717, 1.165) is 4.31 Å². The van der Waals surface area contributed by atoms with Crippen LogP contribution in [-0.4, -0.2) is 24.4 Å². The van der Waals surface area contributed by atoms with Gasteiger partial charge in [0.05, 0.1) is 12.3 Å². The van der Waals surface area contributed by atoms with E-state index in [4.69, 9.17) is 0 Å². The van der Waals surface area contributed by atoms with Crippen LogP contribution in [0.5, 0.6) is 0 Å². The first-order valence-corrected chi connectivity index (χ1v) is 6.38. The summed E-state index contributed by atoms with van der Waals surface area (Å²) in [6, 6.07) is 5.41. The van der Waals surface area contributed by atoms with Gasteiger partial charge in [-0.3, -0.25) is 4.79 Å². The Kier molecular flexibility index (Phi) is 2.67. The number of hydrogen-bond acceptors (Lipinski definition) is 3. The number of carbonyl (C=O) groups is 1. The van der Waals surface area contributed by atoms with E-state index >= 15 is 0 Å². The van der Waals surface area contributed by atoms with Gasteiger partial charge in [-0.1, -0.05) is 12.1 Å². The Bertz CT molecular complexity index is 509. The molecule has 0 N–H and O–H groups in total. The second kappa shape index (κ2) is 3.86. The van der Waals surface area contributed by atoms with Crippen molar-refractivity contribution in [1.29, 1.82) is 0 Å². The number of nitrogens with zero attached hydrogens (tertiary/aromatic N) is 1. The Hall–Kier alpha value is -1.43. The van der Waals surface area contributed by atoms with E-state index in [1.165, 1.54) is 24.3 Å². The van der Waals surface area contributed by atoms with Gasteiger partial charge in [-0.25, -0.2) is 17.1 Å². The molecule has 1 heterocycles. The first-order chi connectivity index (χ1) is 7.49. The summed E-state index contributed by atoms with van der Waals surface area (Å²) in [7, 11) is -3.45. The summed E-state index contributed by atoms with van der Waals surface area (Å²) >= 11 is 0. The van der Waals surface area contributed by atoms with Crippen LogP contribution in [0.1, 0.15) is 12.0 Å². The van der Waals surface area contributed by atoms with Crippen molar-refractivity contribution in [2.45, 2.75) is 13.0 Å². The van der Waals surface area contributed by atoms with Crippen molar-refractivity contribution in [1.82, 2.24) is 4.31 Å². The molecular formula is C10H10FNO3S. The van der Waals surface area contributed by atoms with E-state index in [0.29, 0.717) is 5.56 Å². The Morgan fingerprint density at radius 3 is 2.38 bits per heavy atom. The van der Waals surface area contributed by atoms with Gasteiger partial charge in [0.15, 0.2) is 0 Å². The number of hydrogen-bond donors (Lipinski definition) is 0. The van der Waals surface area contributed by atoms with Crippen LogP contribution < -0.4 is 0 Å². The van der Waals surface area contributed by atoms with Gasteiger partial charge in [-0.05, 0) is 17.7 Å². The molecule has 1 aliphatic heterocycles. The molecule has 4 nitrogen and oxygen atoms in total. The predicted molar refractivity (Wildman–Crippen MR) is 55.4 cm³/mol. The zero-order valence-corrected chi connectivity index (χ0v) is 9.21. The molecule has 0 saturated carbocycles. The third-order valence-corrected chi connectivity index (χ3v) is 4.15. The molecule has 1 amide bonds. The van der Waals surface area contributed by atoms with Crippen molar-refractivity contribution in [3.05, 3.63) is 35.6 Å².